The molecule has 102 valence electrons. The van der Waals surface area contributed by atoms with Crippen LogP contribution in [0.3, 0.4) is 0 Å². The van der Waals surface area contributed by atoms with E-state index in [0.29, 0.717) is 23.8 Å². The third kappa shape index (κ3) is 3.41. The lowest BCUT2D eigenvalue weighted by atomic mass is 10.1. The minimum absolute atomic E-state index is 0.301. The summed E-state index contributed by atoms with van der Waals surface area (Å²) in [6, 6.07) is 3.81. The molecule has 2 rings (SSSR count). The number of carbonyl (C=O) groups is 1. The average molecular weight is 260 g/mol. The van der Waals surface area contributed by atoms with Crippen molar-refractivity contribution in [2.45, 2.75) is 38.3 Å². The Hall–Kier alpha value is -1.68. The van der Waals surface area contributed by atoms with Crippen molar-refractivity contribution in [2.24, 2.45) is 0 Å². The van der Waals surface area contributed by atoms with Gasteiger partial charge in [0.2, 0.25) is 0 Å². The zero-order valence-corrected chi connectivity index (χ0v) is 11.1. The summed E-state index contributed by atoms with van der Waals surface area (Å²) < 4.78 is 0. The van der Waals surface area contributed by atoms with E-state index in [1.807, 2.05) is 6.08 Å². The molecule has 4 nitrogen and oxygen atoms in total. The maximum absolute atomic E-state index is 11.2. The standard InChI is InChI=1S/C15H20N2O2/c1-2-10-17(12-6-3-4-7-12)11-14-13(15(18)19)8-5-9-16-14/h2,5,8-9,12H,1,3-4,6-7,10-11H2,(H,18,19). The van der Waals surface area contributed by atoms with Crippen molar-refractivity contribution < 1.29 is 9.90 Å². The maximum Gasteiger partial charge on any atom is 0.337 e. The first-order valence-electron chi connectivity index (χ1n) is 6.74. The molecule has 1 aliphatic rings. The molecule has 1 N–H and O–H groups in total. The van der Waals surface area contributed by atoms with Gasteiger partial charge in [-0.2, -0.15) is 0 Å². The third-order valence-electron chi connectivity index (χ3n) is 3.68. The van der Waals surface area contributed by atoms with Crippen LogP contribution in [-0.2, 0) is 6.54 Å². The number of hydrogen-bond donors (Lipinski definition) is 1. The van der Waals surface area contributed by atoms with E-state index in [4.69, 9.17) is 0 Å². The number of carboxylic acids is 1. The minimum atomic E-state index is -0.909. The Morgan fingerprint density at radius 3 is 2.89 bits per heavy atom. The average Bonchev–Trinajstić information content (AvgIpc) is 2.92. The topological polar surface area (TPSA) is 53.4 Å². The first-order chi connectivity index (χ1) is 9.22. The van der Waals surface area contributed by atoms with Crippen LogP contribution in [0.1, 0.15) is 41.7 Å². The van der Waals surface area contributed by atoms with Gasteiger partial charge in [-0.1, -0.05) is 18.9 Å². The fourth-order valence-corrected chi connectivity index (χ4v) is 2.73. The highest BCUT2D eigenvalue weighted by Gasteiger charge is 2.23. The summed E-state index contributed by atoms with van der Waals surface area (Å²) in [7, 11) is 0. The molecule has 0 aliphatic heterocycles. The molecule has 0 unspecified atom stereocenters. The molecule has 1 heterocycles. The fraction of sp³-hybridized carbons (Fsp3) is 0.467. The number of pyridine rings is 1. The fourth-order valence-electron chi connectivity index (χ4n) is 2.73. The Balaban J connectivity index is 2.16. The van der Waals surface area contributed by atoms with Gasteiger partial charge in [-0.3, -0.25) is 9.88 Å². The number of aromatic nitrogens is 1. The van der Waals surface area contributed by atoms with E-state index < -0.39 is 5.97 Å². The molecule has 0 atom stereocenters. The monoisotopic (exact) mass is 260 g/mol. The molecule has 1 saturated carbocycles. The predicted molar refractivity (Wildman–Crippen MR) is 74.1 cm³/mol. The highest BCUT2D eigenvalue weighted by atomic mass is 16.4. The Labute approximate surface area is 113 Å². The van der Waals surface area contributed by atoms with Crippen LogP contribution >= 0.6 is 0 Å². The summed E-state index contributed by atoms with van der Waals surface area (Å²) in [6.07, 6.45) is 8.41. The number of carboxylic acid groups (broad SMARTS) is 1. The highest BCUT2D eigenvalue weighted by molar-refractivity contribution is 5.88. The summed E-state index contributed by atoms with van der Waals surface area (Å²) in [4.78, 5) is 17.7. The molecule has 1 aromatic heterocycles. The molecule has 1 aromatic rings. The Morgan fingerprint density at radius 1 is 1.53 bits per heavy atom. The molecule has 0 aromatic carbocycles. The molecule has 0 spiro atoms. The molecule has 0 bridgehead atoms. The van der Waals surface area contributed by atoms with Gasteiger partial charge in [0.15, 0.2) is 0 Å². The summed E-state index contributed by atoms with van der Waals surface area (Å²) in [5.74, 6) is -0.909. The SMILES string of the molecule is C=CCN(Cc1ncccc1C(=O)O)C1CCCC1. The second-order valence-corrected chi connectivity index (χ2v) is 4.96. The van der Waals surface area contributed by atoms with Gasteiger partial charge in [0.1, 0.15) is 0 Å². The van der Waals surface area contributed by atoms with Crippen molar-refractivity contribution in [1.29, 1.82) is 0 Å². The first-order valence-corrected chi connectivity index (χ1v) is 6.74. The zero-order valence-electron chi connectivity index (χ0n) is 11.1. The van der Waals surface area contributed by atoms with Crippen molar-refractivity contribution in [2.75, 3.05) is 6.54 Å². The van der Waals surface area contributed by atoms with Gasteiger partial charge in [0.25, 0.3) is 0 Å². The molecule has 0 saturated heterocycles. The van der Waals surface area contributed by atoms with E-state index in [9.17, 15) is 9.90 Å². The minimum Gasteiger partial charge on any atom is -0.478 e. The van der Waals surface area contributed by atoms with Crippen LogP contribution < -0.4 is 0 Å². The first kappa shape index (κ1) is 13.7. The van der Waals surface area contributed by atoms with Crippen molar-refractivity contribution in [3.8, 4) is 0 Å². The smallest absolute Gasteiger partial charge is 0.337 e. The van der Waals surface area contributed by atoms with E-state index in [1.165, 1.54) is 25.7 Å². The van der Waals surface area contributed by atoms with Gasteiger partial charge in [-0.25, -0.2) is 4.79 Å². The largest absolute Gasteiger partial charge is 0.478 e. The third-order valence-corrected chi connectivity index (χ3v) is 3.68. The van der Waals surface area contributed by atoms with E-state index in [0.717, 1.165) is 6.54 Å². The second kappa shape index (κ2) is 6.48. The quantitative estimate of drug-likeness (QED) is 0.799. The molecular formula is C15H20N2O2. The Kier molecular flexibility index (Phi) is 4.68. The lowest BCUT2D eigenvalue weighted by molar-refractivity contribution is 0.0693. The van der Waals surface area contributed by atoms with Gasteiger partial charge in [0.05, 0.1) is 11.3 Å². The predicted octanol–water partition coefficient (Wildman–Crippen LogP) is 2.71. The zero-order chi connectivity index (χ0) is 13.7. The van der Waals surface area contributed by atoms with Crippen LogP contribution in [0.15, 0.2) is 31.0 Å². The van der Waals surface area contributed by atoms with Crippen molar-refractivity contribution >= 4 is 5.97 Å². The number of rotatable bonds is 6. The van der Waals surface area contributed by atoms with Crippen LogP contribution in [0, 0.1) is 0 Å². The van der Waals surface area contributed by atoms with Gasteiger partial charge >= 0.3 is 5.97 Å². The second-order valence-electron chi connectivity index (χ2n) is 4.96. The molecule has 1 fully saturated rings. The molecule has 0 radical (unpaired) electrons. The van der Waals surface area contributed by atoms with E-state index in [-0.39, 0.29) is 0 Å². The molecule has 1 aliphatic carbocycles. The number of aromatic carboxylic acids is 1. The molecule has 4 heteroatoms. The lowest BCUT2D eigenvalue weighted by Gasteiger charge is -2.27. The highest BCUT2D eigenvalue weighted by Crippen LogP contribution is 2.25. The summed E-state index contributed by atoms with van der Waals surface area (Å²) in [5, 5.41) is 9.20. The normalized spacial score (nSPS) is 15.8. The lowest BCUT2D eigenvalue weighted by Crippen LogP contribution is -2.33. The van der Waals surface area contributed by atoms with Crippen LogP contribution in [0.2, 0.25) is 0 Å². The van der Waals surface area contributed by atoms with Crippen LogP contribution in [0.5, 0.6) is 0 Å². The molecule has 19 heavy (non-hydrogen) atoms. The Morgan fingerprint density at radius 2 is 2.26 bits per heavy atom. The molecule has 0 amide bonds. The van der Waals surface area contributed by atoms with Crippen molar-refractivity contribution in [3.05, 3.63) is 42.2 Å². The summed E-state index contributed by atoms with van der Waals surface area (Å²) in [6.45, 7) is 5.15. The molecular weight excluding hydrogens is 240 g/mol. The van der Waals surface area contributed by atoms with Crippen LogP contribution in [-0.4, -0.2) is 33.5 Å². The van der Waals surface area contributed by atoms with E-state index in [2.05, 4.69) is 16.5 Å². The van der Waals surface area contributed by atoms with Gasteiger partial charge in [-0.15, -0.1) is 6.58 Å². The van der Waals surface area contributed by atoms with Crippen LogP contribution in [0.4, 0.5) is 0 Å². The van der Waals surface area contributed by atoms with E-state index >= 15 is 0 Å². The number of nitrogens with zero attached hydrogens (tertiary/aromatic N) is 2. The summed E-state index contributed by atoms with van der Waals surface area (Å²) >= 11 is 0. The van der Waals surface area contributed by atoms with Gasteiger partial charge in [-0.05, 0) is 25.0 Å². The summed E-state index contributed by atoms with van der Waals surface area (Å²) in [5.41, 5.74) is 0.943. The Bertz CT molecular complexity index is 453. The van der Waals surface area contributed by atoms with Crippen molar-refractivity contribution in [1.82, 2.24) is 9.88 Å². The van der Waals surface area contributed by atoms with Crippen molar-refractivity contribution in [3.63, 3.8) is 0 Å². The maximum atomic E-state index is 11.2. The van der Waals surface area contributed by atoms with Crippen LogP contribution in [0.25, 0.3) is 0 Å². The van der Waals surface area contributed by atoms with E-state index in [1.54, 1.807) is 18.3 Å². The number of hydrogen-bond acceptors (Lipinski definition) is 3. The van der Waals surface area contributed by atoms with Gasteiger partial charge in [0, 0.05) is 25.3 Å². The van der Waals surface area contributed by atoms with Gasteiger partial charge < -0.3 is 5.11 Å².